The fourth-order valence-corrected chi connectivity index (χ4v) is 1.88. The molecule has 2 N–H and O–H groups in total. The van der Waals surface area contributed by atoms with Gasteiger partial charge in [0.25, 0.3) is 0 Å². The number of anilines is 1. The average Bonchev–Trinajstić information content (AvgIpc) is 2.62. The largest absolute Gasteiger partial charge is 0.380 e. The highest BCUT2D eigenvalue weighted by molar-refractivity contribution is 6.36. The van der Waals surface area contributed by atoms with Crippen LogP contribution in [-0.2, 0) is 0 Å². The molecule has 2 heterocycles. The average molecular weight is 220 g/mol. The van der Waals surface area contributed by atoms with Gasteiger partial charge in [-0.15, -0.1) is 0 Å². The number of halogens is 1. The molecule has 3 rings (SSSR count). The molecule has 0 saturated carbocycles. The van der Waals surface area contributed by atoms with Crippen LogP contribution >= 0.6 is 11.6 Å². The molecule has 0 aliphatic rings. The third-order valence-electron chi connectivity index (χ3n) is 2.29. The lowest BCUT2D eigenvalue weighted by molar-refractivity contribution is 0.462. The zero-order chi connectivity index (χ0) is 10.4. The fourth-order valence-electron chi connectivity index (χ4n) is 1.61. The van der Waals surface area contributed by atoms with Crippen LogP contribution in [0.2, 0.25) is 5.15 Å². The second-order valence-corrected chi connectivity index (χ2v) is 3.55. The highest BCUT2D eigenvalue weighted by Gasteiger charge is 2.14. The Kier molecular flexibility index (Phi) is 1.61. The van der Waals surface area contributed by atoms with Crippen LogP contribution < -0.4 is 5.73 Å². The molecule has 1 aromatic carbocycles. The second-order valence-electron chi connectivity index (χ2n) is 3.19. The first kappa shape index (κ1) is 8.49. The van der Waals surface area contributed by atoms with Gasteiger partial charge < -0.3 is 10.3 Å². The Bertz CT molecular complexity index is 662. The number of pyridine rings is 1. The van der Waals surface area contributed by atoms with Crippen molar-refractivity contribution in [2.75, 3.05) is 5.73 Å². The Hall–Kier alpha value is -1.81. The van der Waals surface area contributed by atoms with E-state index in [4.69, 9.17) is 21.9 Å². The molecule has 15 heavy (non-hydrogen) atoms. The summed E-state index contributed by atoms with van der Waals surface area (Å²) in [5, 5.41) is 5.45. The summed E-state index contributed by atoms with van der Waals surface area (Å²) in [5.41, 5.74) is 6.99. The molecule has 0 amide bonds. The minimum Gasteiger partial charge on any atom is -0.380 e. The summed E-state index contributed by atoms with van der Waals surface area (Å²) in [6, 6.07) is 7.54. The van der Waals surface area contributed by atoms with E-state index in [9.17, 15) is 0 Å². The summed E-state index contributed by atoms with van der Waals surface area (Å²) in [5.74, 6) is 0.272. The number of para-hydroxylation sites is 1. The van der Waals surface area contributed by atoms with Crippen molar-refractivity contribution in [1.29, 1.82) is 0 Å². The van der Waals surface area contributed by atoms with E-state index in [0.717, 1.165) is 10.9 Å². The quantitative estimate of drug-likeness (QED) is 0.591. The summed E-state index contributed by atoms with van der Waals surface area (Å²) in [7, 11) is 0. The summed E-state index contributed by atoms with van der Waals surface area (Å²) in [4.78, 5) is 4.22. The van der Waals surface area contributed by atoms with E-state index >= 15 is 0 Å². The van der Waals surface area contributed by atoms with Crippen molar-refractivity contribution in [3.8, 4) is 0 Å². The van der Waals surface area contributed by atoms with Crippen molar-refractivity contribution in [1.82, 2.24) is 10.1 Å². The van der Waals surface area contributed by atoms with Crippen LogP contribution in [0.1, 0.15) is 0 Å². The topological polar surface area (TPSA) is 64.9 Å². The van der Waals surface area contributed by atoms with Gasteiger partial charge in [0.2, 0.25) is 0 Å². The van der Waals surface area contributed by atoms with Crippen molar-refractivity contribution in [3.63, 3.8) is 0 Å². The monoisotopic (exact) mass is 219 g/mol. The number of hydrogen-bond donors (Lipinski definition) is 1. The number of nitrogens with two attached hydrogens (primary N) is 1. The maximum absolute atomic E-state index is 5.99. The number of aromatic nitrogens is 2. The Balaban J connectivity index is 2.65. The van der Waals surface area contributed by atoms with Crippen molar-refractivity contribution >= 4 is 39.3 Å². The van der Waals surface area contributed by atoms with Crippen LogP contribution in [0.3, 0.4) is 0 Å². The molecule has 0 fully saturated rings. The molecular weight excluding hydrogens is 214 g/mol. The first-order chi connectivity index (χ1) is 7.27. The SMILES string of the molecule is Nc1noc2c1c(Cl)nc1ccccc12. The Labute approximate surface area is 89.6 Å². The zero-order valence-electron chi connectivity index (χ0n) is 7.57. The molecule has 3 aromatic rings. The van der Waals surface area contributed by atoms with Gasteiger partial charge in [0, 0.05) is 5.39 Å². The van der Waals surface area contributed by atoms with Crippen molar-refractivity contribution in [2.45, 2.75) is 0 Å². The number of nitrogens with zero attached hydrogens (tertiary/aromatic N) is 2. The van der Waals surface area contributed by atoms with Crippen LogP contribution in [0.25, 0.3) is 21.9 Å². The first-order valence-corrected chi connectivity index (χ1v) is 4.74. The molecule has 0 radical (unpaired) electrons. The highest BCUT2D eigenvalue weighted by atomic mass is 35.5. The van der Waals surface area contributed by atoms with Gasteiger partial charge in [-0.1, -0.05) is 28.9 Å². The smallest absolute Gasteiger partial charge is 0.181 e. The normalized spacial score (nSPS) is 11.3. The zero-order valence-corrected chi connectivity index (χ0v) is 8.32. The van der Waals surface area contributed by atoms with Crippen molar-refractivity contribution in [3.05, 3.63) is 29.4 Å². The Morgan fingerprint density at radius 3 is 2.93 bits per heavy atom. The van der Waals surface area contributed by atoms with Crippen LogP contribution in [0.4, 0.5) is 5.82 Å². The van der Waals surface area contributed by atoms with E-state index in [1.807, 2.05) is 24.3 Å². The molecule has 2 aromatic heterocycles. The number of fused-ring (bicyclic) bond motifs is 3. The molecule has 0 spiro atoms. The molecule has 0 unspecified atom stereocenters. The van der Waals surface area contributed by atoms with Crippen LogP contribution in [0.5, 0.6) is 0 Å². The van der Waals surface area contributed by atoms with E-state index in [1.165, 1.54) is 0 Å². The summed E-state index contributed by atoms with van der Waals surface area (Å²) in [6.07, 6.45) is 0. The number of nitrogen functional groups attached to an aromatic ring is 1. The maximum Gasteiger partial charge on any atom is 0.181 e. The minimum atomic E-state index is 0.272. The van der Waals surface area contributed by atoms with Gasteiger partial charge in [-0.05, 0) is 12.1 Å². The lowest BCUT2D eigenvalue weighted by Gasteiger charge is -1.98. The molecule has 0 bridgehead atoms. The van der Waals surface area contributed by atoms with Gasteiger partial charge in [-0.3, -0.25) is 0 Å². The van der Waals surface area contributed by atoms with E-state index in [0.29, 0.717) is 16.1 Å². The third kappa shape index (κ3) is 1.08. The van der Waals surface area contributed by atoms with Gasteiger partial charge >= 0.3 is 0 Å². The molecule has 0 atom stereocenters. The van der Waals surface area contributed by atoms with Gasteiger partial charge in [0.05, 0.1) is 5.52 Å². The molecule has 0 aliphatic carbocycles. The van der Waals surface area contributed by atoms with Crippen molar-refractivity contribution in [2.24, 2.45) is 0 Å². The lowest BCUT2D eigenvalue weighted by Crippen LogP contribution is -1.86. The maximum atomic E-state index is 5.99. The fraction of sp³-hybridized carbons (Fsp3) is 0. The summed E-state index contributed by atoms with van der Waals surface area (Å²) < 4.78 is 5.14. The molecule has 0 aliphatic heterocycles. The van der Waals surface area contributed by atoms with E-state index in [2.05, 4.69) is 10.1 Å². The Morgan fingerprint density at radius 2 is 2.07 bits per heavy atom. The summed E-state index contributed by atoms with van der Waals surface area (Å²) in [6.45, 7) is 0. The standard InChI is InChI=1S/C10H6ClN3O/c11-9-7-8(15-14-10(7)12)5-3-1-2-4-6(5)13-9/h1-4H,(H2,12,14). The number of benzene rings is 1. The van der Waals surface area contributed by atoms with Gasteiger partial charge in [0.15, 0.2) is 11.4 Å². The third-order valence-corrected chi connectivity index (χ3v) is 2.57. The molecule has 5 heteroatoms. The Morgan fingerprint density at radius 1 is 1.27 bits per heavy atom. The minimum absolute atomic E-state index is 0.272. The van der Waals surface area contributed by atoms with E-state index < -0.39 is 0 Å². The van der Waals surface area contributed by atoms with Gasteiger partial charge in [0.1, 0.15) is 10.5 Å². The number of rotatable bonds is 0. The predicted octanol–water partition coefficient (Wildman–Crippen LogP) is 2.61. The first-order valence-electron chi connectivity index (χ1n) is 4.36. The van der Waals surface area contributed by atoms with E-state index in [-0.39, 0.29) is 5.82 Å². The predicted molar refractivity (Wildman–Crippen MR) is 58.7 cm³/mol. The molecule has 74 valence electrons. The molecule has 4 nitrogen and oxygen atoms in total. The lowest BCUT2D eigenvalue weighted by atomic mass is 10.2. The van der Waals surface area contributed by atoms with Gasteiger partial charge in [-0.25, -0.2) is 4.98 Å². The molecule has 0 saturated heterocycles. The van der Waals surface area contributed by atoms with Crippen molar-refractivity contribution < 1.29 is 4.52 Å². The van der Waals surface area contributed by atoms with E-state index in [1.54, 1.807) is 0 Å². The highest BCUT2D eigenvalue weighted by Crippen LogP contribution is 2.32. The molecular formula is C10H6ClN3O. The van der Waals surface area contributed by atoms with Crippen LogP contribution in [-0.4, -0.2) is 10.1 Å². The van der Waals surface area contributed by atoms with Crippen LogP contribution in [0, 0.1) is 0 Å². The van der Waals surface area contributed by atoms with Crippen LogP contribution in [0.15, 0.2) is 28.8 Å². The van der Waals surface area contributed by atoms with Gasteiger partial charge in [-0.2, -0.15) is 0 Å². The number of hydrogen-bond acceptors (Lipinski definition) is 4. The summed E-state index contributed by atoms with van der Waals surface area (Å²) >= 11 is 5.99. The second kappa shape index (κ2) is 2.84.